The summed E-state index contributed by atoms with van der Waals surface area (Å²) in [6, 6.07) is 3.09. The van der Waals surface area contributed by atoms with Gasteiger partial charge in [0.2, 0.25) is 0 Å². The molecule has 2 aliphatic rings. The highest BCUT2D eigenvalue weighted by atomic mass is 15.2. The first-order valence-electron chi connectivity index (χ1n) is 6.12. The molecule has 2 fully saturated rings. The zero-order valence-corrected chi connectivity index (χ0v) is 9.63. The Morgan fingerprint density at radius 2 is 2.07 bits per heavy atom. The Kier molecular flexibility index (Phi) is 3.28. The van der Waals surface area contributed by atoms with Crippen molar-refractivity contribution in [2.75, 3.05) is 20.1 Å². The maximum absolute atomic E-state index is 9.33. The molecule has 0 aromatic carbocycles. The van der Waals surface area contributed by atoms with Crippen molar-refractivity contribution in [2.24, 2.45) is 0 Å². The molecule has 1 heterocycles. The van der Waals surface area contributed by atoms with E-state index in [2.05, 4.69) is 23.3 Å². The summed E-state index contributed by atoms with van der Waals surface area (Å²) in [4.78, 5) is 2.25. The van der Waals surface area contributed by atoms with Crippen molar-refractivity contribution in [3.8, 4) is 6.07 Å². The van der Waals surface area contributed by atoms with E-state index in [1.54, 1.807) is 0 Å². The number of likely N-dealkylation sites (N-methyl/N-ethyl adjacent to an activating group) is 1. The van der Waals surface area contributed by atoms with Crippen LogP contribution in [0.5, 0.6) is 0 Å². The molecule has 1 saturated carbocycles. The molecule has 0 bridgehead atoms. The van der Waals surface area contributed by atoms with E-state index in [-0.39, 0.29) is 5.54 Å². The van der Waals surface area contributed by atoms with Crippen LogP contribution in [0.4, 0.5) is 0 Å². The number of rotatable bonds is 2. The summed E-state index contributed by atoms with van der Waals surface area (Å²) in [5.41, 5.74) is -0.253. The number of nitrogens with zero attached hydrogens (tertiary/aromatic N) is 2. The minimum Gasteiger partial charge on any atom is -0.303 e. The van der Waals surface area contributed by atoms with Crippen molar-refractivity contribution in [3.63, 3.8) is 0 Å². The Bertz CT molecular complexity index is 252. The van der Waals surface area contributed by atoms with Gasteiger partial charge < -0.3 is 4.90 Å². The predicted molar refractivity (Wildman–Crippen MR) is 60.5 cm³/mol. The predicted octanol–water partition coefficient (Wildman–Crippen LogP) is 1.51. The van der Waals surface area contributed by atoms with E-state index >= 15 is 0 Å². The lowest BCUT2D eigenvalue weighted by Gasteiger charge is -2.31. The highest BCUT2D eigenvalue weighted by molar-refractivity contribution is 5.13. The van der Waals surface area contributed by atoms with E-state index in [0.717, 1.165) is 19.5 Å². The summed E-state index contributed by atoms with van der Waals surface area (Å²) in [5.74, 6) is 0. The quantitative estimate of drug-likeness (QED) is 0.746. The third kappa shape index (κ3) is 2.50. The molecule has 0 aromatic heterocycles. The molecular formula is C12H21N3. The van der Waals surface area contributed by atoms with Gasteiger partial charge in [0, 0.05) is 19.1 Å². The van der Waals surface area contributed by atoms with Gasteiger partial charge in [-0.15, -0.1) is 0 Å². The number of hydrogen-bond donors (Lipinski definition) is 1. The molecule has 1 aliphatic carbocycles. The van der Waals surface area contributed by atoms with Gasteiger partial charge in [-0.3, -0.25) is 5.32 Å². The summed E-state index contributed by atoms with van der Waals surface area (Å²) in [6.07, 6.45) is 7.53. The summed E-state index contributed by atoms with van der Waals surface area (Å²) in [5, 5.41) is 12.9. The van der Waals surface area contributed by atoms with Crippen molar-refractivity contribution in [3.05, 3.63) is 0 Å². The number of nitrogens with one attached hydrogen (secondary N) is 1. The average Bonchev–Trinajstić information content (AvgIpc) is 2.62. The topological polar surface area (TPSA) is 39.1 Å². The molecule has 3 heteroatoms. The maximum atomic E-state index is 9.33. The third-order valence-electron chi connectivity index (χ3n) is 3.76. The van der Waals surface area contributed by atoms with Crippen LogP contribution in [0.2, 0.25) is 0 Å². The first-order valence-corrected chi connectivity index (χ1v) is 6.12. The largest absolute Gasteiger partial charge is 0.303 e. The van der Waals surface area contributed by atoms with Gasteiger partial charge in [-0.25, -0.2) is 0 Å². The van der Waals surface area contributed by atoms with Gasteiger partial charge in [0.25, 0.3) is 0 Å². The monoisotopic (exact) mass is 207 g/mol. The van der Waals surface area contributed by atoms with E-state index in [1.807, 2.05) is 0 Å². The van der Waals surface area contributed by atoms with E-state index < -0.39 is 0 Å². The summed E-state index contributed by atoms with van der Waals surface area (Å²) in [6.45, 7) is 1.94. The number of nitriles is 1. The van der Waals surface area contributed by atoms with Gasteiger partial charge >= 0.3 is 0 Å². The first-order chi connectivity index (χ1) is 7.24. The summed E-state index contributed by atoms with van der Waals surface area (Å²) in [7, 11) is 2.10. The lowest BCUT2D eigenvalue weighted by molar-refractivity contribution is 0.289. The van der Waals surface area contributed by atoms with Crippen LogP contribution in [0.25, 0.3) is 0 Å². The SMILES string of the molecule is CN1CCC(C#N)(NC2CCCCC2)C1. The van der Waals surface area contributed by atoms with Crippen molar-refractivity contribution in [1.29, 1.82) is 5.26 Å². The van der Waals surface area contributed by atoms with Crippen molar-refractivity contribution in [2.45, 2.75) is 50.1 Å². The molecule has 1 atom stereocenters. The van der Waals surface area contributed by atoms with Gasteiger partial charge in [-0.2, -0.15) is 5.26 Å². The molecule has 15 heavy (non-hydrogen) atoms. The second kappa shape index (κ2) is 4.51. The molecule has 0 radical (unpaired) electrons. The summed E-state index contributed by atoms with van der Waals surface area (Å²) >= 11 is 0. The van der Waals surface area contributed by atoms with E-state index in [9.17, 15) is 5.26 Å². The van der Waals surface area contributed by atoms with Crippen LogP contribution in [0.3, 0.4) is 0 Å². The number of hydrogen-bond acceptors (Lipinski definition) is 3. The van der Waals surface area contributed by atoms with Gasteiger partial charge in [-0.1, -0.05) is 19.3 Å². The van der Waals surface area contributed by atoms with Crippen molar-refractivity contribution in [1.82, 2.24) is 10.2 Å². The van der Waals surface area contributed by atoms with Crippen LogP contribution >= 0.6 is 0 Å². The highest BCUT2D eigenvalue weighted by Crippen LogP contribution is 2.24. The van der Waals surface area contributed by atoms with Gasteiger partial charge in [0.05, 0.1) is 6.07 Å². The average molecular weight is 207 g/mol. The molecule has 0 aromatic rings. The smallest absolute Gasteiger partial charge is 0.120 e. The van der Waals surface area contributed by atoms with Crippen molar-refractivity contribution < 1.29 is 0 Å². The molecule has 2 rings (SSSR count). The van der Waals surface area contributed by atoms with E-state index in [0.29, 0.717) is 6.04 Å². The fourth-order valence-corrected chi connectivity index (χ4v) is 2.88. The highest BCUT2D eigenvalue weighted by Gasteiger charge is 2.38. The molecule has 0 spiro atoms. The zero-order chi connectivity index (χ0) is 10.7. The van der Waals surface area contributed by atoms with Gasteiger partial charge in [-0.05, 0) is 26.3 Å². The Labute approximate surface area is 92.4 Å². The van der Waals surface area contributed by atoms with E-state index in [1.165, 1.54) is 32.1 Å². The Balaban J connectivity index is 1.93. The molecule has 0 amide bonds. The summed E-state index contributed by atoms with van der Waals surface area (Å²) < 4.78 is 0. The third-order valence-corrected chi connectivity index (χ3v) is 3.76. The van der Waals surface area contributed by atoms with Crippen LogP contribution in [-0.2, 0) is 0 Å². The minimum absolute atomic E-state index is 0.253. The molecule has 84 valence electrons. The maximum Gasteiger partial charge on any atom is 0.120 e. The fourth-order valence-electron chi connectivity index (χ4n) is 2.88. The van der Waals surface area contributed by atoms with Crippen LogP contribution < -0.4 is 5.32 Å². The fraction of sp³-hybridized carbons (Fsp3) is 0.917. The molecule has 1 aliphatic heterocycles. The van der Waals surface area contributed by atoms with Crippen LogP contribution in [0, 0.1) is 11.3 Å². The molecule has 3 nitrogen and oxygen atoms in total. The molecule has 1 N–H and O–H groups in total. The molecular weight excluding hydrogens is 186 g/mol. The van der Waals surface area contributed by atoms with E-state index in [4.69, 9.17) is 0 Å². The van der Waals surface area contributed by atoms with Crippen LogP contribution in [-0.4, -0.2) is 36.6 Å². The van der Waals surface area contributed by atoms with Gasteiger partial charge in [0.15, 0.2) is 0 Å². The number of likely N-dealkylation sites (tertiary alicyclic amines) is 1. The second-order valence-corrected chi connectivity index (χ2v) is 5.16. The standard InChI is InChI=1S/C12H21N3/c1-15-8-7-12(9-13,10-15)14-11-5-3-2-4-6-11/h11,14H,2-8,10H2,1H3. The van der Waals surface area contributed by atoms with Gasteiger partial charge in [0.1, 0.15) is 5.54 Å². The molecule has 1 unspecified atom stereocenters. The zero-order valence-electron chi connectivity index (χ0n) is 9.63. The second-order valence-electron chi connectivity index (χ2n) is 5.16. The van der Waals surface area contributed by atoms with Crippen LogP contribution in [0.15, 0.2) is 0 Å². The Morgan fingerprint density at radius 1 is 1.33 bits per heavy atom. The first kappa shape index (κ1) is 10.9. The lowest BCUT2D eigenvalue weighted by Crippen LogP contribution is -2.51. The Morgan fingerprint density at radius 3 is 2.60 bits per heavy atom. The Hall–Kier alpha value is -0.590. The minimum atomic E-state index is -0.253. The molecule has 1 saturated heterocycles. The lowest BCUT2D eigenvalue weighted by atomic mass is 9.91. The normalized spacial score (nSPS) is 34.1. The van der Waals surface area contributed by atoms with Crippen LogP contribution in [0.1, 0.15) is 38.5 Å². The van der Waals surface area contributed by atoms with Crippen molar-refractivity contribution >= 4 is 0 Å².